The third kappa shape index (κ3) is 3.90. The number of hydrogen-bond donors (Lipinski definition) is 1. The summed E-state index contributed by atoms with van der Waals surface area (Å²) in [5.74, 6) is -0.178. The van der Waals surface area contributed by atoms with Crippen LogP contribution >= 0.6 is 15.9 Å². The molecule has 0 saturated heterocycles. The molecule has 0 aromatic heterocycles. The Hall–Kier alpha value is -1.23. The van der Waals surface area contributed by atoms with Gasteiger partial charge in [0.05, 0.1) is 0 Å². The van der Waals surface area contributed by atoms with Crippen LogP contribution in [0.5, 0.6) is 0 Å². The molecule has 2 nitrogen and oxygen atoms in total. The van der Waals surface area contributed by atoms with Crippen molar-refractivity contribution in [2.24, 2.45) is 5.73 Å². The monoisotopic (exact) mass is 350 g/mol. The molecule has 2 aromatic rings. The van der Waals surface area contributed by atoms with E-state index in [1.165, 1.54) is 11.6 Å². The summed E-state index contributed by atoms with van der Waals surface area (Å²) in [6.07, 6.45) is 0. The lowest BCUT2D eigenvalue weighted by atomic mass is 10.0. The molecular formula is C17H20BrFN2. The highest BCUT2D eigenvalue weighted by atomic mass is 79.9. The van der Waals surface area contributed by atoms with Crippen molar-refractivity contribution in [3.8, 4) is 0 Å². The minimum atomic E-state index is -0.178. The van der Waals surface area contributed by atoms with Gasteiger partial charge >= 0.3 is 0 Å². The maximum atomic E-state index is 13.8. The Labute approximate surface area is 133 Å². The van der Waals surface area contributed by atoms with E-state index in [4.69, 9.17) is 5.73 Å². The van der Waals surface area contributed by atoms with Crippen molar-refractivity contribution in [2.75, 3.05) is 13.6 Å². The van der Waals surface area contributed by atoms with Crippen molar-refractivity contribution in [1.29, 1.82) is 0 Å². The van der Waals surface area contributed by atoms with E-state index in [1.807, 2.05) is 19.2 Å². The lowest BCUT2D eigenvalue weighted by molar-refractivity contribution is 0.238. The normalized spacial score (nSPS) is 12.7. The molecule has 0 saturated carbocycles. The van der Waals surface area contributed by atoms with Crippen LogP contribution in [0.25, 0.3) is 0 Å². The Balaban J connectivity index is 2.22. The van der Waals surface area contributed by atoms with Gasteiger partial charge in [-0.2, -0.15) is 0 Å². The molecule has 0 heterocycles. The van der Waals surface area contributed by atoms with Crippen LogP contribution in [0.1, 0.15) is 22.7 Å². The molecule has 2 rings (SSSR count). The lowest BCUT2D eigenvalue weighted by Crippen LogP contribution is -2.30. The zero-order valence-corrected chi connectivity index (χ0v) is 13.9. The molecule has 2 aromatic carbocycles. The van der Waals surface area contributed by atoms with E-state index in [9.17, 15) is 4.39 Å². The van der Waals surface area contributed by atoms with Gasteiger partial charge in [-0.3, -0.25) is 4.90 Å². The molecule has 1 unspecified atom stereocenters. The van der Waals surface area contributed by atoms with Crippen molar-refractivity contribution in [1.82, 2.24) is 4.90 Å². The van der Waals surface area contributed by atoms with Crippen LogP contribution < -0.4 is 5.73 Å². The van der Waals surface area contributed by atoms with Crippen LogP contribution in [-0.4, -0.2) is 18.5 Å². The molecule has 0 bridgehead atoms. The number of hydrogen-bond acceptors (Lipinski definition) is 2. The topological polar surface area (TPSA) is 29.3 Å². The van der Waals surface area contributed by atoms with E-state index in [0.29, 0.717) is 18.7 Å². The summed E-state index contributed by atoms with van der Waals surface area (Å²) < 4.78 is 14.8. The summed E-state index contributed by atoms with van der Waals surface area (Å²) in [7, 11) is 1.97. The Morgan fingerprint density at radius 1 is 1.24 bits per heavy atom. The minimum absolute atomic E-state index is 0.0413. The van der Waals surface area contributed by atoms with Gasteiger partial charge < -0.3 is 5.73 Å². The van der Waals surface area contributed by atoms with Gasteiger partial charge in [0, 0.05) is 29.2 Å². The first-order valence-corrected chi connectivity index (χ1v) is 7.72. The maximum absolute atomic E-state index is 13.8. The predicted molar refractivity (Wildman–Crippen MR) is 88.5 cm³/mol. The largest absolute Gasteiger partial charge is 0.329 e. The van der Waals surface area contributed by atoms with Gasteiger partial charge in [0.2, 0.25) is 0 Å². The molecule has 1 atom stereocenters. The zero-order chi connectivity index (χ0) is 15.4. The van der Waals surface area contributed by atoms with Gasteiger partial charge in [-0.1, -0.05) is 46.3 Å². The first-order chi connectivity index (χ1) is 10.0. The molecular weight excluding hydrogens is 331 g/mol. The summed E-state index contributed by atoms with van der Waals surface area (Å²) in [6, 6.07) is 13.1. The number of halogens is 2. The maximum Gasteiger partial charge on any atom is 0.127 e. The van der Waals surface area contributed by atoms with Gasteiger partial charge in [-0.25, -0.2) is 4.39 Å². The second-order valence-electron chi connectivity index (χ2n) is 5.28. The fourth-order valence-electron chi connectivity index (χ4n) is 2.45. The third-order valence-electron chi connectivity index (χ3n) is 3.65. The third-order valence-corrected chi connectivity index (χ3v) is 4.33. The van der Waals surface area contributed by atoms with Crippen molar-refractivity contribution in [3.05, 3.63) is 69.4 Å². The van der Waals surface area contributed by atoms with Crippen molar-refractivity contribution < 1.29 is 4.39 Å². The van der Waals surface area contributed by atoms with Crippen LogP contribution in [0, 0.1) is 12.7 Å². The van der Waals surface area contributed by atoms with Crippen LogP contribution in [0.15, 0.2) is 46.9 Å². The predicted octanol–water partition coefficient (Wildman–Crippen LogP) is 4.03. The molecule has 0 spiro atoms. The second kappa shape index (κ2) is 7.16. The number of aryl methyl sites for hydroxylation is 1. The van der Waals surface area contributed by atoms with E-state index < -0.39 is 0 Å². The molecule has 21 heavy (non-hydrogen) atoms. The number of benzene rings is 2. The van der Waals surface area contributed by atoms with E-state index in [-0.39, 0.29) is 11.9 Å². The average molecular weight is 351 g/mol. The average Bonchev–Trinajstić information content (AvgIpc) is 2.44. The standard InChI is InChI=1S/C17H20BrFN2/c1-12-7-8-14(15(18)9-12)17(10-20)21(2)11-13-5-3-4-6-16(13)19/h3-9,17H,10-11,20H2,1-2H3. The quantitative estimate of drug-likeness (QED) is 0.881. The fourth-order valence-corrected chi connectivity index (χ4v) is 3.21. The smallest absolute Gasteiger partial charge is 0.127 e. The van der Waals surface area contributed by atoms with Crippen LogP contribution in [-0.2, 0) is 6.54 Å². The number of nitrogens with two attached hydrogens (primary N) is 1. The van der Waals surface area contributed by atoms with Crippen LogP contribution in [0.3, 0.4) is 0 Å². The second-order valence-corrected chi connectivity index (χ2v) is 6.14. The van der Waals surface area contributed by atoms with E-state index in [2.05, 4.69) is 46.0 Å². The molecule has 0 amide bonds. The number of rotatable bonds is 5. The molecule has 0 aliphatic heterocycles. The Bertz CT molecular complexity index is 615. The minimum Gasteiger partial charge on any atom is -0.329 e. The Morgan fingerprint density at radius 2 is 1.95 bits per heavy atom. The van der Waals surface area contributed by atoms with Crippen molar-refractivity contribution in [2.45, 2.75) is 19.5 Å². The van der Waals surface area contributed by atoms with Gasteiger partial charge in [0.1, 0.15) is 5.82 Å². The first-order valence-electron chi connectivity index (χ1n) is 6.92. The molecule has 4 heteroatoms. The van der Waals surface area contributed by atoms with E-state index >= 15 is 0 Å². The summed E-state index contributed by atoms with van der Waals surface area (Å²) in [5, 5.41) is 0. The highest BCUT2D eigenvalue weighted by molar-refractivity contribution is 9.10. The molecule has 0 fully saturated rings. The highest BCUT2D eigenvalue weighted by Crippen LogP contribution is 2.28. The van der Waals surface area contributed by atoms with Crippen molar-refractivity contribution in [3.63, 3.8) is 0 Å². The number of likely N-dealkylation sites (N-methyl/N-ethyl adjacent to an activating group) is 1. The van der Waals surface area contributed by atoms with Gasteiger partial charge in [0.15, 0.2) is 0 Å². The Kier molecular flexibility index (Phi) is 5.51. The summed E-state index contributed by atoms with van der Waals surface area (Å²) in [4.78, 5) is 2.08. The van der Waals surface area contributed by atoms with Crippen LogP contribution in [0.2, 0.25) is 0 Å². The van der Waals surface area contributed by atoms with Crippen molar-refractivity contribution >= 4 is 15.9 Å². The summed E-state index contributed by atoms with van der Waals surface area (Å²) in [5.41, 5.74) is 8.95. The van der Waals surface area contributed by atoms with Gasteiger partial charge in [-0.05, 0) is 37.2 Å². The molecule has 0 aliphatic carbocycles. The zero-order valence-electron chi connectivity index (χ0n) is 12.3. The van der Waals surface area contributed by atoms with E-state index in [0.717, 1.165) is 10.0 Å². The molecule has 2 N–H and O–H groups in total. The molecule has 0 aliphatic rings. The highest BCUT2D eigenvalue weighted by Gasteiger charge is 2.19. The number of nitrogens with zero attached hydrogens (tertiary/aromatic N) is 1. The fraction of sp³-hybridized carbons (Fsp3) is 0.294. The molecule has 112 valence electrons. The van der Waals surface area contributed by atoms with Gasteiger partial charge in [0.25, 0.3) is 0 Å². The molecule has 0 radical (unpaired) electrons. The van der Waals surface area contributed by atoms with Crippen LogP contribution in [0.4, 0.5) is 4.39 Å². The SMILES string of the molecule is Cc1ccc(C(CN)N(C)Cc2ccccc2F)c(Br)c1. The Morgan fingerprint density at radius 3 is 2.57 bits per heavy atom. The van der Waals surface area contributed by atoms with Gasteiger partial charge in [-0.15, -0.1) is 0 Å². The lowest BCUT2D eigenvalue weighted by Gasteiger charge is -2.28. The summed E-state index contributed by atoms with van der Waals surface area (Å²) in [6.45, 7) is 3.05. The summed E-state index contributed by atoms with van der Waals surface area (Å²) >= 11 is 3.60. The first kappa shape index (κ1) is 16.1. The van der Waals surface area contributed by atoms with E-state index in [1.54, 1.807) is 6.07 Å².